The Morgan fingerprint density at radius 2 is 1.43 bits per heavy atom. The van der Waals surface area contributed by atoms with Crippen molar-refractivity contribution in [2.75, 3.05) is 6.61 Å². The van der Waals surface area contributed by atoms with Gasteiger partial charge in [0, 0.05) is 5.56 Å². The van der Waals surface area contributed by atoms with E-state index in [9.17, 15) is 4.79 Å². The molecule has 1 heterocycles. The SMILES string of the molecule is O=C(CO)c1ccc(-c2ccc(-c3ccccc3)cc2)o1. The molecule has 3 heteroatoms. The molecule has 0 aliphatic carbocycles. The van der Waals surface area contributed by atoms with Crippen molar-refractivity contribution in [3.63, 3.8) is 0 Å². The zero-order valence-corrected chi connectivity index (χ0v) is 11.3. The normalized spacial score (nSPS) is 10.5. The predicted molar refractivity (Wildman–Crippen MR) is 81.0 cm³/mol. The molecule has 0 radical (unpaired) electrons. The average molecular weight is 278 g/mol. The van der Waals surface area contributed by atoms with E-state index in [4.69, 9.17) is 9.52 Å². The van der Waals surface area contributed by atoms with E-state index in [1.807, 2.05) is 42.5 Å². The first kappa shape index (κ1) is 13.3. The van der Waals surface area contributed by atoms with Gasteiger partial charge in [-0.1, -0.05) is 54.6 Å². The first-order valence-electron chi connectivity index (χ1n) is 6.67. The van der Waals surface area contributed by atoms with Crippen molar-refractivity contribution < 1.29 is 14.3 Å². The molecule has 0 unspecified atom stereocenters. The van der Waals surface area contributed by atoms with Gasteiger partial charge in [0.25, 0.3) is 0 Å². The van der Waals surface area contributed by atoms with Crippen molar-refractivity contribution in [3.8, 4) is 22.5 Å². The fourth-order valence-corrected chi connectivity index (χ4v) is 2.18. The van der Waals surface area contributed by atoms with E-state index in [2.05, 4.69) is 12.1 Å². The van der Waals surface area contributed by atoms with Crippen LogP contribution in [0.25, 0.3) is 22.5 Å². The molecule has 0 aliphatic heterocycles. The Hall–Kier alpha value is -2.65. The average Bonchev–Trinajstić information content (AvgIpc) is 3.05. The van der Waals surface area contributed by atoms with Crippen LogP contribution in [0.2, 0.25) is 0 Å². The summed E-state index contributed by atoms with van der Waals surface area (Å²) in [5.74, 6) is 0.383. The summed E-state index contributed by atoms with van der Waals surface area (Å²) >= 11 is 0. The van der Waals surface area contributed by atoms with Crippen molar-refractivity contribution in [2.45, 2.75) is 0 Å². The lowest BCUT2D eigenvalue weighted by Gasteiger charge is -2.02. The number of carbonyl (C=O) groups is 1. The topological polar surface area (TPSA) is 50.4 Å². The van der Waals surface area contributed by atoms with Crippen molar-refractivity contribution >= 4 is 5.78 Å². The fraction of sp³-hybridized carbons (Fsp3) is 0.0556. The highest BCUT2D eigenvalue weighted by Gasteiger charge is 2.11. The summed E-state index contributed by atoms with van der Waals surface area (Å²) in [4.78, 5) is 11.4. The van der Waals surface area contributed by atoms with Gasteiger partial charge in [-0.2, -0.15) is 0 Å². The molecule has 0 amide bonds. The first-order chi connectivity index (χ1) is 10.3. The molecular weight excluding hydrogens is 264 g/mol. The van der Waals surface area contributed by atoms with Crippen molar-refractivity contribution in [1.29, 1.82) is 0 Å². The lowest BCUT2D eigenvalue weighted by Crippen LogP contribution is -2.01. The summed E-state index contributed by atoms with van der Waals surface area (Å²) in [5, 5.41) is 8.82. The van der Waals surface area contributed by atoms with Crippen LogP contribution in [0.5, 0.6) is 0 Å². The van der Waals surface area contributed by atoms with E-state index in [1.165, 1.54) is 0 Å². The van der Waals surface area contributed by atoms with Crippen LogP contribution in [0.4, 0.5) is 0 Å². The minimum absolute atomic E-state index is 0.180. The number of hydrogen-bond donors (Lipinski definition) is 1. The number of Topliss-reactive ketones (excluding diaryl/α,β-unsaturated/α-hetero) is 1. The third-order valence-electron chi connectivity index (χ3n) is 3.30. The van der Waals surface area contributed by atoms with Crippen molar-refractivity contribution in [1.82, 2.24) is 0 Å². The molecule has 0 fully saturated rings. The monoisotopic (exact) mass is 278 g/mol. The Labute approximate surface area is 122 Å². The van der Waals surface area contributed by atoms with Gasteiger partial charge in [-0.3, -0.25) is 4.79 Å². The zero-order valence-electron chi connectivity index (χ0n) is 11.3. The van der Waals surface area contributed by atoms with E-state index in [0.717, 1.165) is 16.7 Å². The largest absolute Gasteiger partial charge is 0.453 e. The standard InChI is InChI=1S/C18H14O3/c19-12-16(20)18-11-10-17(21-18)15-8-6-14(7-9-15)13-4-2-1-3-5-13/h1-11,19H,12H2. The minimum Gasteiger partial charge on any atom is -0.453 e. The lowest BCUT2D eigenvalue weighted by molar-refractivity contribution is 0.0876. The van der Waals surface area contributed by atoms with E-state index in [1.54, 1.807) is 12.1 Å². The van der Waals surface area contributed by atoms with Crippen LogP contribution in [0.15, 0.2) is 71.1 Å². The van der Waals surface area contributed by atoms with Gasteiger partial charge in [0.1, 0.15) is 12.4 Å². The van der Waals surface area contributed by atoms with Gasteiger partial charge in [-0.15, -0.1) is 0 Å². The Morgan fingerprint density at radius 3 is 2.10 bits per heavy atom. The molecule has 0 saturated carbocycles. The second-order valence-electron chi connectivity index (χ2n) is 4.69. The molecule has 0 aliphatic rings. The van der Waals surface area contributed by atoms with E-state index in [-0.39, 0.29) is 5.76 Å². The summed E-state index contributed by atoms with van der Waals surface area (Å²) in [6.07, 6.45) is 0. The van der Waals surface area contributed by atoms with Gasteiger partial charge in [0.2, 0.25) is 5.78 Å². The molecule has 3 nitrogen and oxygen atoms in total. The van der Waals surface area contributed by atoms with Gasteiger partial charge in [-0.05, 0) is 23.3 Å². The Bertz CT molecular complexity index is 740. The molecule has 3 rings (SSSR count). The number of rotatable bonds is 4. The number of aliphatic hydroxyl groups excluding tert-OH is 1. The van der Waals surface area contributed by atoms with Crippen molar-refractivity contribution in [3.05, 3.63) is 72.5 Å². The van der Waals surface area contributed by atoms with Gasteiger partial charge >= 0.3 is 0 Å². The molecule has 2 aromatic carbocycles. The van der Waals surface area contributed by atoms with Crippen LogP contribution in [0, 0.1) is 0 Å². The minimum atomic E-state index is -0.542. The molecule has 21 heavy (non-hydrogen) atoms. The fourth-order valence-electron chi connectivity index (χ4n) is 2.18. The molecule has 0 saturated heterocycles. The predicted octanol–water partition coefficient (Wildman–Crippen LogP) is 3.79. The van der Waals surface area contributed by atoms with Crippen LogP contribution in [-0.2, 0) is 0 Å². The van der Waals surface area contributed by atoms with Gasteiger partial charge in [0.05, 0.1) is 0 Å². The number of furan rings is 1. The molecule has 1 aromatic heterocycles. The second-order valence-corrected chi connectivity index (χ2v) is 4.69. The second kappa shape index (κ2) is 5.77. The summed E-state index contributed by atoms with van der Waals surface area (Å²) in [6, 6.07) is 21.4. The van der Waals surface area contributed by atoms with Gasteiger partial charge in [0.15, 0.2) is 5.76 Å². The quantitative estimate of drug-likeness (QED) is 0.739. The Morgan fingerprint density at radius 1 is 0.810 bits per heavy atom. The number of carbonyl (C=O) groups excluding carboxylic acids is 1. The maximum Gasteiger partial charge on any atom is 0.223 e. The molecular formula is C18H14O3. The maximum atomic E-state index is 11.4. The lowest BCUT2D eigenvalue weighted by atomic mass is 10.0. The van der Waals surface area contributed by atoms with E-state index >= 15 is 0 Å². The van der Waals surface area contributed by atoms with Crippen LogP contribution >= 0.6 is 0 Å². The van der Waals surface area contributed by atoms with Crippen LogP contribution < -0.4 is 0 Å². The Kier molecular flexibility index (Phi) is 3.67. The van der Waals surface area contributed by atoms with E-state index < -0.39 is 12.4 Å². The molecule has 0 spiro atoms. The number of ketones is 1. The van der Waals surface area contributed by atoms with Crippen LogP contribution in [-0.4, -0.2) is 17.5 Å². The zero-order chi connectivity index (χ0) is 14.7. The molecule has 0 atom stereocenters. The summed E-state index contributed by atoms with van der Waals surface area (Å²) < 4.78 is 5.46. The van der Waals surface area contributed by atoms with E-state index in [0.29, 0.717) is 5.76 Å². The number of benzene rings is 2. The summed E-state index contributed by atoms with van der Waals surface area (Å²) in [5.41, 5.74) is 3.17. The molecule has 1 N–H and O–H groups in total. The van der Waals surface area contributed by atoms with Gasteiger partial charge in [-0.25, -0.2) is 0 Å². The maximum absolute atomic E-state index is 11.4. The number of aliphatic hydroxyl groups is 1. The van der Waals surface area contributed by atoms with Gasteiger partial charge < -0.3 is 9.52 Å². The van der Waals surface area contributed by atoms with Crippen molar-refractivity contribution in [2.24, 2.45) is 0 Å². The molecule has 3 aromatic rings. The van der Waals surface area contributed by atoms with Crippen LogP contribution in [0.1, 0.15) is 10.6 Å². The molecule has 0 bridgehead atoms. The first-order valence-corrected chi connectivity index (χ1v) is 6.67. The molecule has 104 valence electrons. The highest BCUT2D eigenvalue weighted by atomic mass is 16.4. The number of hydrogen-bond acceptors (Lipinski definition) is 3. The third-order valence-corrected chi connectivity index (χ3v) is 3.30. The Balaban J connectivity index is 1.87. The highest BCUT2D eigenvalue weighted by molar-refractivity contribution is 5.94. The summed E-state index contributed by atoms with van der Waals surface area (Å²) in [6.45, 7) is -0.542. The third kappa shape index (κ3) is 2.78. The highest BCUT2D eigenvalue weighted by Crippen LogP contribution is 2.26. The van der Waals surface area contributed by atoms with Crippen LogP contribution in [0.3, 0.4) is 0 Å². The smallest absolute Gasteiger partial charge is 0.223 e. The summed E-state index contributed by atoms with van der Waals surface area (Å²) in [7, 11) is 0.